The van der Waals surface area contributed by atoms with E-state index in [4.69, 9.17) is 9.84 Å². The lowest BCUT2D eigenvalue weighted by Crippen LogP contribution is -2.44. The number of allylic oxidation sites excluding steroid dienone is 4. The lowest BCUT2D eigenvalue weighted by Gasteiger charge is -2.43. The van der Waals surface area contributed by atoms with Gasteiger partial charge in [-0.2, -0.15) is 0 Å². The predicted octanol–water partition coefficient (Wildman–Crippen LogP) is 5.08. The normalized spacial score (nSPS) is 34.9. The van der Waals surface area contributed by atoms with E-state index in [9.17, 15) is 15.3 Å². The maximum absolute atomic E-state index is 10.8. The highest BCUT2D eigenvalue weighted by Crippen LogP contribution is 2.58. The Labute approximate surface area is 213 Å². The van der Waals surface area contributed by atoms with Crippen molar-refractivity contribution in [3.63, 3.8) is 0 Å². The van der Waals surface area contributed by atoms with Crippen molar-refractivity contribution in [2.75, 3.05) is 13.2 Å². The Kier molecular flexibility index (Phi) is 9.84. The highest BCUT2D eigenvalue weighted by molar-refractivity contribution is 5.38. The standard InChI is InChI=1S/C30H50O5/c1-20(9-6-15-29(3,4)34)24-13-14-25-22(10-7-16-30(24,25)5)11-12-23-19-26(32)28(27(33)21(23)2)35-18-8-17-31/h10-12,20,24-28,31-34H,6-9,13-19H2,1-5H3/b12-11-/t20-,24?,25?,26-,27-,28-,30-/m1/s1. The molecule has 0 aromatic rings. The third kappa shape index (κ3) is 6.87. The van der Waals surface area contributed by atoms with Crippen molar-refractivity contribution in [1.29, 1.82) is 0 Å². The van der Waals surface area contributed by atoms with E-state index in [1.807, 2.05) is 20.8 Å². The van der Waals surface area contributed by atoms with E-state index in [-0.39, 0.29) is 6.61 Å². The minimum Gasteiger partial charge on any atom is -0.396 e. The summed E-state index contributed by atoms with van der Waals surface area (Å²) in [7, 11) is 0. The third-order valence-corrected chi connectivity index (χ3v) is 9.17. The van der Waals surface area contributed by atoms with Crippen molar-refractivity contribution in [3.8, 4) is 0 Å². The van der Waals surface area contributed by atoms with Crippen LogP contribution in [0.3, 0.4) is 0 Å². The molecule has 3 rings (SSSR count). The Morgan fingerprint density at radius 3 is 2.63 bits per heavy atom. The van der Waals surface area contributed by atoms with Gasteiger partial charge >= 0.3 is 0 Å². The minimum absolute atomic E-state index is 0.0391. The molecule has 0 radical (unpaired) electrons. The van der Waals surface area contributed by atoms with Crippen molar-refractivity contribution in [3.05, 3.63) is 34.9 Å². The average molecular weight is 491 g/mol. The summed E-state index contributed by atoms with van der Waals surface area (Å²) >= 11 is 0. The molecule has 4 N–H and O–H groups in total. The highest BCUT2D eigenvalue weighted by atomic mass is 16.5. The van der Waals surface area contributed by atoms with Gasteiger partial charge in [0, 0.05) is 19.6 Å². The smallest absolute Gasteiger partial charge is 0.113 e. The predicted molar refractivity (Wildman–Crippen MR) is 141 cm³/mol. The molecule has 7 atom stereocenters. The number of ether oxygens (including phenoxy) is 1. The Morgan fingerprint density at radius 1 is 1.20 bits per heavy atom. The Bertz CT molecular complexity index is 791. The molecule has 5 heteroatoms. The van der Waals surface area contributed by atoms with Crippen LogP contribution in [0.2, 0.25) is 0 Å². The van der Waals surface area contributed by atoms with Crippen molar-refractivity contribution < 1.29 is 25.2 Å². The van der Waals surface area contributed by atoms with Crippen LogP contribution in [0.1, 0.15) is 92.4 Å². The van der Waals surface area contributed by atoms with Crippen molar-refractivity contribution in [1.82, 2.24) is 0 Å². The fraction of sp³-hybridized carbons (Fsp3) is 0.800. The third-order valence-electron chi connectivity index (χ3n) is 9.17. The molecular weight excluding hydrogens is 440 g/mol. The number of hydrogen-bond donors (Lipinski definition) is 4. The van der Waals surface area contributed by atoms with E-state index in [1.165, 1.54) is 31.3 Å². The summed E-state index contributed by atoms with van der Waals surface area (Å²) < 4.78 is 5.67. The van der Waals surface area contributed by atoms with Crippen LogP contribution in [-0.2, 0) is 4.74 Å². The van der Waals surface area contributed by atoms with Crippen LogP contribution < -0.4 is 0 Å². The van der Waals surface area contributed by atoms with Gasteiger partial charge < -0.3 is 25.2 Å². The molecule has 1 fully saturated rings. The monoisotopic (exact) mass is 490 g/mol. The summed E-state index contributed by atoms with van der Waals surface area (Å²) in [4.78, 5) is 0. The fourth-order valence-corrected chi connectivity index (χ4v) is 7.07. The number of hydrogen-bond acceptors (Lipinski definition) is 5. The Balaban J connectivity index is 1.66. The SMILES string of the molecule is CC1=C(/C=C\C2=CCC[C@@]3(C)C2CCC3[C@H](C)CCCC(C)(C)O)C[C@@H](O)[C@@H](OCCCO)[C@@H]1O. The summed E-state index contributed by atoms with van der Waals surface area (Å²) in [5.41, 5.74) is 3.00. The van der Waals surface area contributed by atoms with E-state index in [1.54, 1.807) is 0 Å². The van der Waals surface area contributed by atoms with Crippen LogP contribution in [0, 0.1) is 23.2 Å². The minimum atomic E-state index is -0.830. The second-order valence-electron chi connectivity index (χ2n) is 12.3. The quantitative estimate of drug-likeness (QED) is 0.303. The van der Waals surface area contributed by atoms with Crippen LogP contribution in [-0.4, -0.2) is 57.6 Å². The lowest BCUT2D eigenvalue weighted by molar-refractivity contribution is -0.0958. The van der Waals surface area contributed by atoms with E-state index < -0.39 is 23.9 Å². The van der Waals surface area contributed by atoms with Gasteiger partial charge in [0.05, 0.1) is 11.7 Å². The van der Waals surface area contributed by atoms with E-state index >= 15 is 0 Å². The first kappa shape index (κ1) is 28.6. The maximum atomic E-state index is 10.8. The van der Waals surface area contributed by atoms with Gasteiger partial charge in [0.1, 0.15) is 12.2 Å². The Hall–Kier alpha value is -0.980. The van der Waals surface area contributed by atoms with Crippen molar-refractivity contribution in [2.45, 2.75) is 116 Å². The average Bonchev–Trinajstić information content (AvgIpc) is 3.14. The number of rotatable bonds is 11. The molecule has 200 valence electrons. The molecule has 0 amide bonds. The molecule has 0 bridgehead atoms. The molecule has 2 unspecified atom stereocenters. The largest absolute Gasteiger partial charge is 0.396 e. The second kappa shape index (κ2) is 12.0. The molecule has 3 aliphatic carbocycles. The molecule has 1 saturated carbocycles. The molecule has 0 aromatic carbocycles. The van der Waals surface area contributed by atoms with Gasteiger partial charge in [-0.05, 0) is 99.2 Å². The van der Waals surface area contributed by atoms with Crippen molar-refractivity contribution in [2.24, 2.45) is 23.2 Å². The van der Waals surface area contributed by atoms with Gasteiger partial charge in [-0.1, -0.05) is 44.9 Å². The summed E-state index contributed by atoms with van der Waals surface area (Å²) in [5, 5.41) is 40.4. The molecular formula is C30H50O5. The molecule has 5 nitrogen and oxygen atoms in total. The van der Waals surface area contributed by atoms with E-state index in [2.05, 4.69) is 32.1 Å². The van der Waals surface area contributed by atoms with Gasteiger partial charge in [-0.25, -0.2) is 0 Å². The van der Waals surface area contributed by atoms with Crippen LogP contribution in [0.15, 0.2) is 34.9 Å². The summed E-state index contributed by atoms with van der Waals surface area (Å²) in [6.45, 7) is 11.0. The zero-order chi connectivity index (χ0) is 25.8. The second-order valence-corrected chi connectivity index (χ2v) is 12.3. The molecule has 0 aromatic heterocycles. The number of fused-ring (bicyclic) bond motifs is 1. The van der Waals surface area contributed by atoms with Crippen molar-refractivity contribution >= 4 is 0 Å². The number of aliphatic hydroxyl groups is 4. The summed E-state index contributed by atoms with van der Waals surface area (Å²) in [6, 6.07) is 0. The topological polar surface area (TPSA) is 90.2 Å². The molecule has 0 heterocycles. The first-order valence-electron chi connectivity index (χ1n) is 13.9. The van der Waals surface area contributed by atoms with Crippen LogP contribution in [0.4, 0.5) is 0 Å². The van der Waals surface area contributed by atoms with Gasteiger partial charge in [0.15, 0.2) is 0 Å². The van der Waals surface area contributed by atoms with Gasteiger partial charge in [0.25, 0.3) is 0 Å². The summed E-state index contributed by atoms with van der Waals surface area (Å²) in [6.07, 6.45) is 13.4. The van der Waals surface area contributed by atoms with Crippen LogP contribution >= 0.6 is 0 Å². The van der Waals surface area contributed by atoms with Crippen LogP contribution in [0.5, 0.6) is 0 Å². The molecule has 35 heavy (non-hydrogen) atoms. The zero-order valence-electron chi connectivity index (χ0n) is 22.7. The summed E-state index contributed by atoms with van der Waals surface area (Å²) in [5.74, 6) is 1.93. The van der Waals surface area contributed by atoms with Gasteiger partial charge in [-0.15, -0.1) is 0 Å². The molecule has 3 aliphatic rings. The first-order chi connectivity index (χ1) is 16.5. The molecule has 0 spiro atoms. The van der Waals surface area contributed by atoms with Crippen LogP contribution in [0.25, 0.3) is 0 Å². The zero-order valence-corrected chi connectivity index (χ0v) is 22.7. The van der Waals surface area contributed by atoms with E-state index in [0.29, 0.717) is 42.6 Å². The molecule has 0 aliphatic heterocycles. The Morgan fingerprint density at radius 2 is 1.94 bits per heavy atom. The first-order valence-corrected chi connectivity index (χ1v) is 13.9. The highest BCUT2D eigenvalue weighted by Gasteiger charge is 2.49. The fourth-order valence-electron chi connectivity index (χ4n) is 7.07. The van der Waals surface area contributed by atoms with Gasteiger partial charge in [-0.3, -0.25) is 0 Å². The number of aliphatic hydroxyl groups excluding tert-OH is 3. The lowest BCUT2D eigenvalue weighted by atomic mass is 9.62. The maximum Gasteiger partial charge on any atom is 0.113 e. The van der Waals surface area contributed by atoms with E-state index in [0.717, 1.165) is 30.4 Å². The van der Waals surface area contributed by atoms with Gasteiger partial charge in [0.2, 0.25) is 0 Å². The molecule has 0 saturated heterocycles.